The zero-order valence-corrected chi connectivity index (χ0v) is 15.3. The van der Waals surface area contributed by atoms with Crippen molar-refractivity contribution in [3.63, 3.8) is 0 Å². The zero-order chi connectivity index (χ0) is 21.0. The number of carbonyl (C=O) groups is 2. The second kappa shape index (κ2) is 8.52. The molecule has 1 saturated heterocycles. The monoisotopic (exact) mass is 407 g/mol. The Morgan fingerprint density at radius 3 is 2.45 bits per heavy atom. The number of primary amides is 1. The van der Waals surface area contributed by atoms with Gasteiger partial charge in [0.25, 0.3) is 0 Å². The van der Waals surface area contributed by atoms with Crippen LogP contribution in [0.1, 0.15) is 17.5 Å². The van der Waals surface area contributed by atoms with Crippen LogP contribution in [0.5, 0.6) is 0 Å². The van der Waals surface area contributed by atoms with Gasteiger partial charge in [0.05, 0.1) is 17.2 Å². The largest absolute Gasteiger partial charge is 0.418 e. The molecule has 0 bridgehead atoms. The van der Waals surface area contributed by atoms with Gasteiger partial charge < -0.3 is 21.1 Å². The fourth-order valence-corrected chi connectivity index (χ4v) is 3.16. The number of ether oxygens (including phenoxy) is 1. The molecule has 0 radical (unpaired) electrons. The maximum absolute atomic E-state index is 13.1. The van der Waals surface area contributed by atoms with Crippen LogP contribution >= 0.6 is 0 Å². The summed E-state index contributed by atoms with van der Waals surface area (Å²) >= 11 is 0. The Morgan fingerprint density at radius 1 is 1.10 bits per heavy atom. The van der Waals surface area contributed by atoms with Gasteiger partial charge in [0.1, 0.15) is 6.10 Å². The topological polar surface area (TPSA) is 93.5 Å². The number of hydrogen-bond donors (Lipinski definition) is 3. The number of halogens is 3. The molecule has 29 heavy (non-hydrogen) atoms. The summed E-state index contributed by atoms with van der Waals surface area (Å²) in [6, 6.07) is 11.9. The number of para-hydroxylation sites is 1. The minimum absolute atomic E-state index is 0.0419. The molecule has 0 saturated carbocycles. The first-order valence-electron chi connectivity index (χ1n) is 8.96. The van der Waals surface area contributed by atoms with Gasteiger partial charge in [0, 0.05) is 18.8 Å². The SMILES string of the molecule is NC(=O)C1OCCC1C(=O)NCc1ccc(Nc2ccccc2C(F)(F)F)cc1. The number of nitrogens with one attached hydrogen (secondary N) is 2. The van der Waals surface area contributed by atoms with Crippen LogP contribution in [0, 0.1) is 5.92 Å². The van der Waals surface area contributed by atoms with E-state index in [1.807, 2.05) is 0 Å². The van der Waals surface area contributed by atoms with E-state index in [2.05, 4.69) is 10.6 Å². The third-order valence-electron chi connectivity index (χ3n) is 4.64. The van der Waals surface area contributed by atoms with E-state index in [0.29, 0.717) is 18.7 Å². The van der Waals surface area contributed by atoms with Crippen molar-refractivity contribution >= 4 is 23.2 Å². The maximum Gasteiger partial charge on any atom is 0.418 e. The molecule has 2 atom stereocenters. The molecule has 1 heterocycles. The summed E-state index contributed by atoms with van der Waals surface area (Å²) in [5.41, 5.74) is 5.67. The average Bonchev–Trinajstić information content (AvgIpc) is 3.17. The van der Waals surface area contributed by atoms with Crippen molar-refractivity contribution in [2.75, 3.05) is 11.9 Å². The van der Waals surface area contributed by atoms with Crippen LogP contribution in [0.2, 0.25) is 0 Å². The summed E-state index contributed by atoms with van der Waals surface area (Å²) < 4.78 is 44.4. The van der Waals surface area contributed by atoms with Gasteiger partial charge in [-0.05, 0) is 36.2 Å². The lowest BCUT2D eigenvalue weighted by Crippen LogP contribution is -2.41. The average molecular weight is 407 g/mol. The number of carbonyl (C=O) groups excluding carboxylic acids is 2. The van der Waals surface area contributed by atoms with Gasteiger partial charge >= 0.3 is 6.18 Å². The zero-order valence-electron chi connectivity index (χ0n) is 15.3. The molecule has 1 aliphatic rings. The highest BCUT2D eigenvalue weighted by Gasteiger charge is 2.37. The molecule has 1 fully saturated rings. The molecular formula is C20H20F3N3O3. The quantitative estimate of drug-likeness (QED) is 0.686. The smallest absolute Gasteiger partial charge is 0.368 e. The molecule has 0 aromatic heterocycles. The van der Waals surface area contributed by atoms with Gasteiger partial charge in [0.15, 0.2) is 0 Å². The predicted octanol–water partition coefficient (Wildman–Crippen LogP) is 2.96. The summed E-state index contributed by atoms with van der Waals surface area (Å²) in [6.45, 7) is 0.506. The number of nitrogens with two attached hydrogens (primary N) is 1. The van der Waals surface area contributed by atoms with Crippen LogP contribution in [0.25, 0.3) is 0 Å². The summed E-state index contributed by atoms with van der Waals surface area (Å²) in [5, 5.41) is 5.49. The molecular weight excluding hydrogens is 387 g/mol. The Bertz CT molecular complexity index is 885. The van der Waals surface area contributed by atoms with Gasteiger partial charge in [-0.15, -0.1) is 0 Å². The number of alkyl halides is 3. The first-order chi connectivity index (χ1) is 13.8. The van der Waals surface area contributed by atoms with Crippen LogP contribution in [0.4, 0.5) is 24.5 Å². The molecule has 3 rings (SSSR count). The van der Waals surface area contributed by atoms with Crippen molar-refractivity contribution in [3.8, 4) is 0 Å². The van der Waals surface area contributed by atoms with E-state index in [4.69, 9.17) is 10.5 Å². The van der Waals surface area contributed by atoms with Gasteiger partial charge in [-0.1, -0.05) is 24.3 Å². The standard InChI is InChI=1S/C20H20F3N3O3/c21-20(22,23)15-3-1-2-4-16(15)26-13-7-5-12(6-8-13)11-25-19(28)14-9-10-29-17(14)18(24)27/h1-8,14,17,26H,9-11H2,(H2,24,27)(H,25,28). The minimum Gasteiger partial charge on any atom is -0.368 e. The summed E-state index contributed by atoms with van der Waals surface area (Å²) in [5.74, 6) is -1.61. The van der Waals surface area contributed by atoms with Crippen LogP contribution < -0.4 is 16.4 Å². The van der Waals surface area contributed by atoms with E-state index in [1.165, 1.54) is 18.2 Å². The van der Waals surface area contributed by atoms with Crippen molar-refractivity contribution in [1.29, 1.82) is 0 Å². The van der Waals surface area contributed by atoms with Crippen molar-refractivity contribution in [2.45, 2.75) is 25.2 Å². The molecule has 2 aromatic rings. The van der Waals surface area contributed by atoms with Crippen LogP contribution in [-0.2, 0) is 27.0 Å². The van der Waals surface area contributed by atoms with E-state index in [9.17, 15) is 22.8 Å². The fourth-order valence-electron chi connectivity index (χ4n) is 3.16. The molecule has 2 aromatic carbocycles. The third kappa shape index (κ3) is 5.05. The first kappa shape index (κ1) is 20.7. The van der Waals surface area contributed by atoms with E-state index in [-0.39, 0.29) is 18.1 Å². The molecule has 4 N–H and O–H groups in total. The molecule has 6 nitrogen and oxygen atoms in total. The molecule has 0 spiro atoms. The fraction of sp³-hybridized carbons (Fsp3) is 0.300. The molecule has 0 aliphatic carbocycles. The third-order valence-corrected chi connectivity index (χ3v) is 4.64. The van der Waals surface area contributed by atoms with Crippen LogP contribution in [-0.4, -0.2) is 24.5 Å². The number of rotatable bonds is 6. The Morgan fingerprint density at radius 2 is 1.79 bits per heavy atom. The lowest BCUT2D eigenvalue weighted by molar-refractivity contribution is -0.137. The van der Waals surface area contributed by atoms with Gasteiger partial charge in [-0.2, -0.15) is 13.2 Å². The second-order valence-electron chi connectivity index (χ2n) is 6.67. The Labute approximate surface area is 165 Å². The second-order valence-corrected chi connectivity index (χ2v) is 6.67. The highest BCUT2D eigenvalue weighted by atomic mass is 19.4. The number of anilines is 2. The Kier molecular flexibility index (Phi) is 6.07. The van der Waals surface area contributed by atoms with Crippen LogP contribution in [0.3, 0.4) is 0 Å². The van der Waals surface area contributed by atoms with Gasteiger partial charge in [-0.3, -0.25) is 9.59 Å². The molecule has 1 aliphatic heterocycles. The van der Waals surface area contributed by atoms with Crippen molar-refractivity contribution in [3.05, 3.63) is 59.7 Å². The summed E-state index contributed by atoms with van der Waals surface area (Å²) in [6.07, 6.45) is -4.96. The predicted molar refractivity (Wildman–Crippen MR) is 100 cm³/mol. The Balaban J connectivity index is 1.60. The number of benzene rings is 2. The van der Waals surface area contributed by atoms with Gasteiger partial charge in [-0.25, -0.2) is 0 Å². The minimum atomic E-state index is -4.46. The van der Waals surface area contributed by atoms with E-state index < -0.39 is 29.7 Å². The van der Waals surface area contributed by atoms with Crippen LogP contribution in [0.15, 0.2) is 48.5 Å². The molecule has 2 amide bonds. The lowest BCUT2D eigenvalue weighted by Gasteiger charge is -2.16. The van der Waals surface area contributed by atoms with Crippen molar-refractivity contribution < 1.29 is 27.5 Å². The lowest BCUT2D eigenvalue weighted by atomic mass is 10.00. The first-order valence-corrected chi connectivity index (χ1v) is 8.96. The number of hydrogen-bond acceptors (Lipinski definition) is 4. The normalized spacial score (nSPS) is 19.0. The van der Waals surface area contributed by atoms with E-state index in [1.54, 1.807) is 24.3 Å². The highest BCUT2D eigenvalue weighted by molar-refractivity contribution is 5.89. The Hall–Kier alpha value is -3.07. The van der Waals surface area contributed by atoms with Gasteiger partial charge in [0.2, 0.25) is 11.8 Å². The molecule has 9 heteroatoms. The van der Waals surface area contributed by atoms with Crippen molar-refractivity contribution in [1.82, 2.24) is 5.32 Å². The number of amides is 2. The maximum atomic E-state index is 13.1. The van der Waals surface area contributed by atoms with E-state index >= 15 is 0 Å². The molecule has 2 unspecified atom stereocenters. The highest BCUT2D eigenvalue weighted by Crippen LogP contribution is 2.35. The summed E-state index contributed by atoms with van der Waals surface area (Å²) in [4.78, 5) is 23.6. The molecule has 154 valence electrons. The van der Waals surface area contributed by atoms with E-state index in [0.717, 1.165) is 11.6 Å². The van der Waals surface area contributed by atoms with Crippen molar-refractivity contribution in [2.24, 2.45) is 11.7 Å². The summed E-state index contributed by atoms with van der Waals surface area (Å²) in [7, 11) is 0.